The molecule has 64 valence electrons. The van der Waals surface area contributed by atoms with Crippen molar-refractivity contribution in [1.29, 1.82) is 0 Å². The zero-order chi connectivity index (χ0) is 8.69. The Morgan fingerprint density at radius 3 is 2.64 bits per heavy atom. The molecule has 0 atom stereocenters. The van der Waals surface area contributed by atoms with Gasteiger partial charge in [-0.3, -0.25) is 9.69 Å². The molecule has 0 aliphatic rings. The van der Waals surface area contributed by atoms with E-state index >= 15 is 0 Å². The summed E-state index contributed by atoms with van der Waals surface area (Å²) < 4.78 is 0. The quantitative estimate of drug-likeness (QED) is 0.423. The highest BCUT2D eigenvalue weighted by atomic mass is 16.3. The van der Waals surface area contributed by atoms with Crippen LogP contribution in [0.15, 0.2) is 5.18 Å². The van der Waals surface area contributed by atoms with E-state index < -0.39 is 0 Å². The zero-order valence-corrected chi connectivity index (χ0v) is 6.49. The second-order valence-corrected chi connectivity index (χ2v) is 2.25. The molecular formula is C6H12N2O3. The van der Waals surface area contributed by atoms with Gasteiger partial charge in [0.1, 0.15) is 5.78 Å². The van der Waals surface area contributed by atoms with Gasteiger partial charge in [0.2, 0.25) is 0 Å². The topological polar surface area (TPSA) is 70.0 Å². The van der Waals surface area contributed by atoms with Crippen molar-refractivity contribution in [1.82, 2.24) is 4.90 Å². The molecule has 0 aromatic heterocycles. The number of aliphatic hydroxyl groups is 1. The number of hydrogen-bond donors (Lipinski definition) is 1. The van der Waals surface area contributed by atoms with Crippen LogP contribution in [-0.4, -0.2) is 42.2 Å². The molecule has 0 radical (unpaired) electrons. The Kier molecular flexibility index (Phi) is 5.50. The van der Waals surface area contributed by atoms with Gasteiger partial charge in [0.25, 0.3) is 0 Å². The molecule has 0 aromatic carbocycles. The Bertz CT molecular complexity index is 138. The maximum absolute atomic E-state index is 10.5. The van der Waals surface area contributed by atoms with Gasteiger partial charge in [0, 0.05) is 6.54 Å². The molecule has 0 saturated heterocycles. The van der Waals surface area contributed by atoms with E-state index in [1.807, 2.05) is 0 Å². The first kappa shape index (κ1) is 10.2. The molecule has 0 fully saturated rings. The number of nitroso groups, excluding NO2 is 1. The average molecular weight is 160 g/mol. The van der Waals surface area contributed by atoms with Crippen molar-refractivity contribution in [2.75, 3.05) is 26.4 Å². The predicted octanol–water partition coefficient (Wildman–Crippen LogP) is -0.406. The van der Waals surface area contributed by atoms with Gasteiger partial charge >= 0.3 is 0 Å². The van der Waals surface area contributed by atoms with E-state index in [9.17, 15) is 9.70 Å². The SMILES string of the molecule is CC(=O)CN(CO)CCN=O. The number of Topliss-reactive ketones (excluding diaryl/α,β-unsaturated/α-hetero) is 1. The third-order valence-corrected chi connectivity index (χ3v) is 1.15. The standard InChI is InChI=1S/C6H12N2O3/c1-6(10)4-8(5-9)3-2-7-11/h9H,2-5H2,1H3. The minimum atomic E-state index is -0.213. The summed E-state index contributed by atoms with van der Waals surface area (Å²) in [4.78, 5) is 21.6. The molecule has 0 bridgehead atoms. The van der Waals surface area contributed by atoms with Gasteiger partial charge in [-0.25, -0.2) is 0 Å². The average Bonchev–Trinajstić information content (AvgIpc) is 1.97. The lowest BCUT2D eigenvalue weighted by atomic mass is 10.4. The highest BCUT2D eigenvalue weighted by Gasteiger charge is 2.04. The Labute approximate surface area is 65.0 Å². The van der Waals surface area contributed by atoms with Gasteiger partial charge in [0.05, 0.1) is 19.8 Å². The van der Waals surface area contributed by atoms with Crippen LogP contribution in [0.25, 0.3) is 0 Å². The molecular weight excluding hydrogens is 148 g/mol. The highest BCUT2D eigenvalue weighted by Crippen LogP contribution is 1.86. The second-order valence-electron chi connectivity index (χ2n) is 2.25. The molecule has 0 rings (SSSR count). The Balaban J connectivity index is 3.57. The van der Waals surface area contributed by atoms with Gasteiger partial charge in [0.15, 0.2) is 0 Å². The molecule has 0 unspecified atom stereocenters. The zero-order valence-electron chi connectivity index (χ0n) is 6.49. The van der Waals surface area contributed by atoms with Crippen molar-refractivity contribution >= 4 is 5.78 Å². The minimum absolute atomic E-state index is 0.0371. The first-order valence-electron chi connectivity index (χ1n) is 3.32. The van der Waals surface area contributed by atoms with Crippen molar-refractivity contribution in [2.45, 2.75) is 6.92 Å². The van der Waals surface area contributed by atoms with Crippen LogP contribution in [-0.2, 0) is 4.79 Å². The van der Waals surface area contributed by atoms with Crippen molar-refractivity contribution in [2.24, 2.45) is 5.18 Å². The van der Waals surface area contributed by atoms with Gasteiger partial charge in [-0.1, -0.05) is 5.18 Å². The first-order chi connectivity index (χ1) is 5.20. The number of carbonyl (C=O) groups excluding carboxylic acids is 1. The number of nitrogens with zero attached hydrogens (tertiary/aromatic N) is 2. The summed E-state index contributed by atoms with van der Waals surface area (Å²) in [7, 11) is 0. The van der Waals surface area contributed by atoms with Crippen LogP contribution in [0.3, 0.4) is 0 Å². The van der Waals surface area contributed by atoms with Crippen LogP contribution in [0.4, 0.5) is 0 Å². The highest BCUT2D eigenvalue weighted by molar-refractivity contribution is 5.77. The van der Waals surface area contributed by atoms with Crippen LogP contribution in [0, 0.1) is 4.91 Å². The molecule has 5 nitrogen and oxygen atoms in total. The van der Waals surface area contributed by atoms with Gasteiger partial charge in [-0.2, -0.15) is 4.91 Å². The van der Waals surface area contributed by atoms with E-state index in [4.69, 9.17) is 5.11 Å². The molecule has 0 spiro atoms. The Morgan fingerprint density at radius 1 is 1.64 bits per heavy atom. The van der Waals surface area contributed by atoms with Crippen LogP contribution in [0.2, 0.25) is 0 Å². The monoisotopic (exact) mass is 160 g/mol. The summed E-state index contributed by atoms with van der Waals surface area (Å²) in [6.07, 6.45) is 0. The van der Waals surface area contributed by atoms with Crippen LogP contribution in [0.1, 0.15) is 6.92 Å². The van der Waals surface area contributed by atoms with Gasteiger partial charge in [-0.15, -0.1) is 0 Å². The number of rotatable bonds is 6. The summed E-state index contributed by atoms with van der Waals surface area (Å²) in [6.45, 7) is 1.82. The lowest BCUT2D eigenvalue weighted by molar-refractivity contribution is -0.119. The smallest absolute Gasteiger partial charge is 0.143 e. The van der Waals surface area contributed by atoms with E-state index in [-0.39, 0.29) is 25.6 Å². The maximum Gasteiger partial charge on any atom is 0.143 e. The fourth-order valence-corrected chi connectivity index (χ4v) is 0.697. The predicted molar refractivity (Wildman–Crippen MR) is 40.0 cm³/mol. The van der Waals surface area contributed by atoms with E-state index in [0.29, 0.717) is 6.54 Å². The maximum atomic E-state index is 10.5. The van der Waals surface area contributed by atoms with Crippen LogP contribution in [0.5, 0.6) is 0 Å². The first-order valence-corrected chi connectivity index (χ1v) is 3.32. The third kappa shape index (κ3) is 5.63. The molecule has 0 aliphatic heterocycles. The normalized spacial score (nSPS) is 10.1. The lowest BCUT2D eigenvalue weighted by Gasteiger charge is -2.14. The van der Waals surface area contributed by atoms with Crippen molar-refractivity contribution in [3.8, 4) is 0 Å². The van der Waals surface area contributed by atoms with Gasteiger partial charge < -0.3 is 5.11 Å². The fraction of sp³-hybridized carbons (Fsp3) is 0.833. The molecule has 0 saturated carbocycles. The van der Waals surface area contributed by atoms with E-state index in [2.05, 4.69) is 5.18 Å². The summed E-state index contributed by atoms with van der Waals surface area (Å²) in [6, 6.07) is 0. The van der Waals surface area contributed by atoms with E-state index in [1.165, 1.54) is 11.8 Å². The van der Waals surface area contributed by atoms with E-state index in [0.717, 1.165) is 0 Å². The van der Waals surface area contributed by atoms with Crippen molar-refractivity contribution in [3.63, 3.8) is 0 Å². The number of carbonyl (C=O) groups is 1. The largest absolute Gasteiger partial charge is 0.381 e. The molecule has 5 heteroatoms. The van der Waals surface area contributed by atoms with Gasteiger partial charge in [-0.05, 0) is 6.92 Å². The van der Waals surface area contributed by atoms with Crippen LogP contribution >= 0.6 is 0 Å². The Morgan fingerprint density at radius 2 is 2.27 bits per heavy atom. The molecule has 1 N–H and O–H groups in total. The summed E-state index contributed by atoms with van der Waals surface area (Å²) in [5.41, 5.74) is 0. The lowest BCUT2D eigenvalue weighted by Crippen LogP contribution is -2.31. The van der Waals surface area contributed by atoms with E-state index in [1.54, 1.807) is 0 Å². The summed E-state index contributed by atoms with van der Waals surface area (Å²) in [5.74, 6) is -0.0371. The second kappa shape index (κ2) is 5.94. The number of aliphatic hydroxyl groups excluding tert-OH is 1. The summed E-state index contributed by atoms with van der Waals surface area (Å²) >= 11 is 0. The number of hydrogen-bond acceptors (Lipinski definition) is 5. The van der Waals surface area contributed by atoms with Crippen molar-refractivity contribution < 1.29 is 9.90 Å². The molecule has 0 amide bonds. The fourth-order valence-electron chi connectivity index (χ4n) is 0.697. The summed E-state index contributed by atoms with van der Waals surface area (Å²) in [5, 5.41) is 11.2. The number of ketones is 1. The Hall–Kier alpha value is -0.810. The molecule has 0 aromatic rings. The molecule has 0 heterocycles. The van der Waals surface area contributed by atoms with Crippen LogP contribution < -0.4 is 0 Å². The van der Waals surface area contributed by atoms with Crippen molar-refractivity contribution in [3.05, 3.63) is 4.91 Å². The molecule has 0 aliphatic carbocycles. The third-order valence-electron chi connectivity index (χ3n) is 1.15. The minimum Gasteiger partial charge on any atom is -0.381 e. The molecule has 11 heavy (non-hydrogen) atoms.